The van der Waals surface area contributed by atoms with Crippen molar-refractivity contribution in [1.29, 1.82) is 0 Å². The summed E-state index contributed by atoms with van der Waals surface area (Å²) in [5.74, 6) is 0. The molecule has 1 heteroatoms. The van der Waals surface area contributed by atoms with Gasteiger partial charge in [-0.1, -0.05) is 19.8 Å². The van der Waals surface area contributed by atoms with Gasteiger partial charge in [-0.3, -0.25) is 0 Å². The van der Waals surface area contributed by atoms with E-state index < -0.39 is 0 Å². The molecule has 0 aliphatic heterocycles. The molecule has 0 fully saturated rings. The van der Waals surface area contributed by atoms with E-state index >= 15 is 0 Å². The summed E-state index contributed by atoms with van der Waals surface area (Å²) in [4.78, 5) is 0. The number of unbranched alkanes of at least 4 members (excludes halogenated alkanes) is 4. The third-order valence-electron chi connectivity index (χ3n) is 1.61. The van der Waals surface area contributed by atoms with Crippen LogP contribution in [0.3, 0.4) is 0 Å². The molecular formula is C9H20N-. The lowest BCUT2D eigenvalue weighted by Gasteiger charge is -2.08. The lowest BCUT2D eigenvalue weighted by molar-refractivity contribution is 0.592. The normalized spacial score (nSPS) is 13.5. The largest absolute Gasteiger partial charge is 0.329 e. The van der Waals surface area contributed by atoms with Crippen molar-refractivity contribution >= 4 is 0 Å². The van der Waals surface area contributed by atoms with Gasteiger partial charge in [-0.05, 0) is 13.3 Å². The van der Waals surface area contributed by atoms with Gasteiger partial charge in [0.1, 0.15) is 0 Å². The van der Waals surface area contributed by atoms with Crippen LogP contribution in [0.4, 0.5) is 0 Å². The van der Waals surface area contributed by atoms with Crippen LogP contribution in [0.1, 0.15) is 46.0 Å². The minimum Gasteiger partial charge on any atom is -0.329 e. The van der Waals surface area contributed by atoms with E-state index in [1.165, 1.54) is 32.1 Å². The highest BCUT2D eigenvalue weighted by molar-refractivity contribution is 4.62. The molecule has 0 aliphatic rings. The molecule has 0 saturated carbocycles. The van der Waals surface area contributed by atoms with Crippen LogP contribution in [-0.2, 0) is 0 Å². The topological polar surface area (TPSA) is 26.0 Å². The Morgan fingerprint density at radius 1 is 1.40 bits per heavy atom. The first-order chi connectivity index (χ1) is 4.77. The number of hydrogen-bond acceptors (Lipinski definition) is 1. The van der Waals surface area contributed by atoms with Crippen LogP contribution in [0, 0.1) is 6.42 Å². The smallest absolute Gasteiger partial charge is 0.00104 e. The fraction of sp³-hybridized carbons (Fsp3) is 0.889. The first kappa shape index (κ1) is 9.96. The van der Waals surface area contributed by atoms with Crippen molar-refractivity contribution in [3.8, 4) is 0 Å². The second-order valence-electron chi connectivity index (χ2n) is 2.96. The summed E-state index contributed by atoms with van der Waals surface area (Å²) in [5.41, 5.74) is 5.60. The van der Waals surface area contributed by atoms with E-state index in [0.717, 1.165) is 0 Å². The highest BCUT2D eigenvalue weighted by atomic mass is 14.6. The Morgan fingerprint density at radius 2 is 2.10 bits per heavy atom. The average molecular weight is 142 g/mol. The van der Waals surface area contributed by atoms with Gasteiger partial charge in [0.2, 0.25) is 0 Å². The zero-order valence-electron chi connectivity index (χ0n) is 7.27. The van der Waals surface area contributed by atoms with Crippen molar-refractivity contribution < 1.29 is 0 Å². The van der Waals surface area contributed by atoms with Crippen molar-refractivity contribution in [2.75, 3.05) is 0 Å². The molecule has 0 amide bonds. The molecule has 1 unspecified atom stereocenters. The van der Waals surface area contributed by atoms with E-state index in [2.05, 4.69) is 20.3 Å². The maximum Gasteiger partial charge on any atom is 0.00104 e. The summed E-state index contributed by atoms with van der Waals surface area (Å²) >= 11 is 0. The van der Waals surface area contributed by atoms with E-state index in [9.17, 15) is 0 Å². The molecule has 0 aliphatic carbocycles. The fourth-order valence-corrected chi connectivity index (χ4v) is 0.959. The van der Waals surface area contributed by atoms with Gasteiger partial charge in [0.15, 0.2) is 0 Å². The van der Waals surface area contributed by atoms with Crippen molar-refractivity contribution in [2.45, 2.75) is 52.0 Å². The van der Waals surface area contributed by atoms with Crippen molar-refractivity contribution in [3.05, 3.63) is 6.42 Å². The predicted molar refractivity (Wildman–Crippen MR) is 46.7 cm³/mol. The highest BCUT2D eigenvalue weighted by Gasteiger charge is 1.90. The SMILES string of the molecule is CC[CH-]CCCCC(C)N. The van der Waals surface area contributed by atoms with Crippen LogP contribution in [0.2, 0.25) is 0 Å². The summed E-state index contributed by atoms with van der Waals surface area (Å²) in [7, 11) is 0. The molecule has 10 heavy (non-hydrogen) atoms. The maximum absolute atomic E-state index is 5.60. The Hall–Kier alpha value is -0.0400. The number of nitrogens with two attached hydrogens (primary N) is 1. The quantitative estimate of drug-likeness (QED) is 0.447. The summed E-state index contributed by atoms with van der Waals surface area (Å²) in [6.07, 6.45) is 8.59. The zero-order chi connectivity index (χ0) is 7.82. The molecule has 0 radical (unpaired) electrons. The van der Waals surface area contributed by atoms with E-state index in [4.69, 9.17) is 5.73 Å². The molecule has 0 aromatic heterocycles. The molecule has 1 atom stereocenters. The van der Waals surface area contributed by atoms with Gasteiger partial charge < -0.3 is 12.2 Å². The van der Waals surface area contributed by atoms with Crippen LogP contribution >= 0.6 is 0 Å². The monoisotopic (exact) mass is 142 g/mol. The van der Waals surface area contributed by atoms with E-state index in [-0.39, 0.29) is 0 Å². The van der Waals surface area contributed by atoms with Crippen LogP contribution in [-0.4, -0.2) is 6.04 Å². The summed E-state index contributed by atoms with van der Waals surface area (Å²) in [6.45, 7) is 4.26. The lowest BCUT2D eigenvalue weighted by Crippen LogP contribution is -2.13. The van der Waals surface area contributed by atoms with Crippen LogP contribution in [0.15, 0.2) is 0 Å². The molecule has 1 nitrogen and oxygen atoms in total. The molecule has 0 bridgehead atoms. The first-order valence-corrected chi connectivity index (χ1v) is 4.34. The summed E-state index contributed by atoms with van der Waals surface area (Å²) < 4.78 is 0. The molecule has 0 heterocycles. The van der Waals surface area contributed by atoms with Gasteiger partial charge in [0.25, 0.3) is 0 Å². The third-order valence-corrected chi connectivity index (χ3v) is 1.61. The standard InChI is InChI=1S/C9H20N/c1-3-4-5-6-7-8-9(2)10/h4,9H,3,5-8,10H2,1-2H3/q-1. The fourth-order valence-electron chi connectivity index (χ4n) is 0.959. The van der Waals surface area contributed by atoms with E-state index in [1.54, 1.807) is 0 Å². The molecule has 0 rings (SSSR count). The summed E-state index contributed by atoms with van der Waals surface area (Å²) in [5, 5.41) is 0. The Morgan fingerprint density at radius 3 is 2.60 bits per heavy atom. The maximum atomic E-state index is 5.60. The molecular weight excluding hydrogens is 122 g/mol. The van der Waals surface area contributed by atoms with Crippen LogP contribution in [0.25, 0.3) is 0 Å². The molecule has 0 spiro atoms. The summed E-state index contributed by atoms with van der Waals surface area (Å²) in [6, 6.07) is 0.390. The molecule has 0 saturated heterocycles. The van der Waals surface area contributed by atoms with Gasteiger partial charge in [-0.15, -0.1) is 0 Å². The van der Waals surface area contributed by atoms with Gasteiger partial charge >= 0.3 is 0 Å². The second-order valence-corrected chi connectivity index (χ2v) is 2.96. The van der Waals surface area contributed by atoms with Crippen LogP contribution < -0.4 is 5.73 Å². The van der Waals surface area contributed by atoms with Gasteiger partial charge in [0, 0.05) is 6.04 Å². The Labute approximate surface area is 65.0 Å². The Balaban J connectivity index is 2.77. The van der Waals surface area contributed by atoms with E-state index in [0.29, 0.717) is 6.04 Å². The first-order valence-electron chi connectivity index (χ1n) is 4.34. The third kappa shape index (κ3) is 7.96. The lowest BCUT2D eigenvalue weighted by atomic mass is 10.1. The minimum atomic E-state index is 0.390. The number of hydrogen-bond donors (Lipinski definition) is 1. The minimum absolute atomic E-state index is 0.390. The van der Waals surface area contributed by atoms with Crippen molar-refractivity contribution in [2.24, 2.45) is 5.73 Å². The Kier molecular flexibility index (Phi) is 7.04. The molecule has 0 aromatic rings. The highest BCUT2D eigenvalue weighted by Crippen LogP contribution is 2.04. The van der Waals surface area contributed by atoms with Crippen molar-refractivity contribution in [3.63, 3.8) is 0 Å². The Bertz CT molecular complexity index is 59.7. The van der Waals surface area contributed by atoms with Gasteiger partial charge in [0.05, 0.1) is 0 Å². The predicted octanol–water partition coefficient (Wildman–Crippen LogP) is 2.51. The number of rotatable bonds is 6. The molecule has 0 aromatic carbocycles. The van der Waals surface area contributed by atoms with Gasteiger partial charge in [-0.2, -0.15) is 12.8 Å². The van der Waals surface area contributed by atoms with E-state index in [1.807, 2.05) is 0 Å². The molecule has 62 valence electrons. The average Bonchev–Trinajstić information content (AvgIpc) is 1.87. The van der Waals surface area contributed by atoms with Crippen molar-refractivity contribution in [1.82, 2.24) is 0 Å². The molecule has 2 N–H and O–H groups in total. The zero-order valence-corrected chi connectivity index (χ0v) is 7.27. The second kappa shape index (κ2) is 7.07. The van der Waals surface area contributed by atoms with Crippen LogP contribution in [0.5, 0.6) is 0 Å². The van der Waals surface area contributed by atoms with Gasteiger partial charge in [-0.25, -0.2) is 0 Å².